The lowest BCUT2D eigenvalue weighted by Gasteiger charge is -2.14. The topological polar surface area (TPSA) is 70.0 Å². The Hall–Kier alpha value is -0.790. The Morgan fingerprint density at radius 1 is 1.40 bits per heavy atom. The quantitative estimate of drug-likeness (QED) is 0.801. The van der Waals surface area contributed by atoms with E-state index in [-0.39, 0.29) is 17.1 Å². The highest BCUT2D eigenvalue weighted by Crippen LogP contribution is 2.09. The number of hydrogen-bond acceptors (Lipinski definition) is 3. The summed E-state index contributed by atoms with van der Waals surface area (Å²) in [5, 5.41) is 0. The third-order valence-electron chi connectivity index (χ3n) is 2.07. The number of aromatic nitrogens is 2. The lowest BCUT2D eigenvalue weighted by Crippen LogP contribution is -2.41. The summed E-state index contributed by atoms with van der Waals surface area (Å²) in [4.78, 5) is 23.3. The molecule has 0 bridgehead atoms. The first kappa shape index (κ1) is 12.3. The van der Waals surface area contributed by atoms with Crippen LogP contribution in [-0.2, 0) is 13.6 Å². The van der Waals surface area contributed by atoms with Crippen molar-refractivity contribution in [2.75, 3.05) is 5.73 Å². The molecule has 1 rings (SSSR count). The zero-order valence-corrected chi connectivity index (χ0v) is 11.1. The highest BCUT2D eigenvalue weighted by Gasteiger charge is 2.13. The second-order valence-corrected chi connectivity index (χ2v) is 4.93. The lowest BCUT2D eigenvalue weighted by molar-refractivity contribution is 0.492. The van der Waals surface area contributed by atoms with Gasteiger partial charge in [0.1, 0.15) is 9.39 Å². The molecule has 5 nitrogen and oxygen atoms in total. The third-order valence-corrected chi connectivity index (χ3v) is 3.09. The summed E-state index contributed by atoms with van der Waals surface area (Å²) in [5.41, 5.74) is 5.05. The first-order chi connectivity index (χ1) is 6.86. The summed E-state index contributed by atoms with van der Waals surface area (Å²) < 4.78 is 2.92. The summed E-state index contributed by atoms with van der Waals surface area (Å²) in [6, 6.07) is 0. The predicted molar refractivity (Wildman–Crippen MR) is 67.9 cm³/mol. The molecule has 0 aliphatic heterocycles. The minimum absolute atomic E-state index is 0.261. The number of hydrogen-bond donors (Lipinski definition) is 1. The molecule has 1 heterocycles. The lowest BCUT2D eigenvalue weighted by atomic mass is 10.2. The number of nitrogens with two attached hydrogens (primary N) is 1. The Labute approximate surface area is 101 Å². The van der Waals surface area contributed by atoms with Crippen LogP contribution in [0.1, 0.15) is 13.8 Å². The van der Waals surface area contributed by atoms with Crippen molar-refractivity contribution in [3.63, 3.8) is 0 Å². The SMILES string of the molecule is CC(C)Cn1c(N)c(I)c(=O)n(C)c1=O. The molecule has 2 N–H and O–H groups in total. The van der Waals surface area contributed by atoms with Crippen LogP contribution in [0.2, 0.25) is 0 Å². The maximum Gasteiger partial charge on any atom is 0.332 e. The van der Waals surface area contributed by atoms with Gasteiger partial charge in [-0.05, 0) is 28.5 Å². The van der Waals surface area contributed by atoms with Crippen LogP contribution in [0.3, 0.4) is 0 Å². The first-order valence-corrected chi connectivity index (χ1v) is 5.69. The smallest absolute Gasteiger partial charge is 0.332 e. The van der Waals surface area contributed by atoms with Crippen molar-refractivity contribution in [1.82, 2.24) is 9.13 Å². The van der Waals surface area contributed by atoms with E-state index in [1.807, 2.05) is 36.4 Å². The van der Waals surface area contributed by atoms with E-state index in [0.717, 1.165) is 4.57 Å². The number of nitrogens with zero attached hydrogens (tertiary/aromatic N) is 2. The third kappa shape index (κ3) is 2.24. The van der Waals surface area contributed by atoms with E-state index < -0.39 is 0 Å². The number of rotatable bonds is 2. The van der Waals surface area contributed by atoms with E-state index >= 15 is 0 Å². The monoisotopic (exact) mass is 323 g/mol. The van der Waals surface area contributed by atoms with Gasteiger partial charge in [-0.3, -0.25) is 13.9 Å². The number of anilines is 1. The molecule has 1 aromatic rings. The van der Waals surface area contributed by atoms with Gasteiger partial charge in [-0.15, -0.1) is 0 Å². The van der Waals surface area contributed by atoms with Crippen LogP contribution in [0.15, 0.2) is 9.59 Å². The molecule has 0 fully saturated rings. The van der Waals surface area contributed by atoms with Crippen LogP contribution in [0.5, 0.6) is 0 Å². The first-order valence-electron chi connectivity index (χ1n) is 4.61. The van der Waals surface area contributed by atoms with Crippen molar-refractivity contribution in [2.24, 2.45) is 13.0 Å². The predicted octanol–water partition coefficient (Wildman–Crippen LogP) is 0.390. The van der Waals surface area contributed by atoms with Gasteiger partial charge in [-0.25, -0.2) is 4.79 Å². The maximum absolute atomic E-state index is 11.7. The zero-order chi connectivity index (χ0) is 11.7. The molecule has 0 saturated carbocycles. The Bertz CT molecular complexity index is 487. The number of nitrogen functional groups attached to an aromatic ring is 1. The van der Waals surface area contributed by atoms with Crippen LogP contribution in [-0.4, -0.2) is 9.13 Å². The number of halogens is 1. The highest BCUT2D eigenvalue weighted by molar-refractivity contribution is 14.1. The van der Waals surface area contributed by atoms with E-state index in [0.29, 0.717) is 16.0 Å². The Balaban J connectivity index is 3.53. The van der Waals surface area contributed by atoms with E-state index in [1.165, 1.54) is 11.6 Å². The normalized spacial score (nSPS) is 11.0. The van der Waals surface area contributed by atoms with Gasteiger partial charge < -0.3 is 5.73 Å². The van der Waals surface area contributed by atoms with Crippen LogP contribution in [0.25, 0.3) is 0 Å². The van der Waals surface area contributed by atoms with Gasteiger partial charge in [0, 0.05) is 13.6 Å². The molecule has 0 spiro atoms. The van der Waals surface area contributed by atoms with Gasteiger partial charge in [0.2, 0.25) is 0 Å². The van der Waals surface area contributed by atoms with Gasteiger partial charge in [0.25, 0.3) is 5.56 Å². The van der Waals surface area contributed by atoms with E-state index in [9.17, 15) is 9.59 Å². The molecule has 1 aromatic heterocycles. The molecule has 0 amide bonds. The van der Waals surface area contributed by atoms with Crippen molar-refractivity contribution in [2.45, 2.75) is 20.4 Å². The van der Waals surface area contributed by atoms with Crippen molar-refractivity contribution in [3.8, 4) is 0 Å². The molecule has 0 aliphatic carbocycles. The van der Waals surface area contributed by atoms with Crippen molar-refractivity contribution >= 4 is 28.4 Å². The van der Waals surface area contributed by atoms with Crippen LogP contribution in [0.4, 0.5) is 5.82 Å². The fourth-order valence-corrected chi connectivity index (χ4v) is 1.94. The molecular weight excluding hydrogens is 309 g/mol. The maximum atomic E-state index is 11.7. The molecule has 0 aromatic carbocycles. The van der Waals surface area contributed by atoms with Crippen molar-refractivity contribution in [1.29, 1.82) is 0 Å². The van der Waals surface area contributed by atoms with Gasteiger partial charge in [-0.1, -0.05) is 13.8 Å². The summed E-state index contributed by atoms with van der Waals surface area (Å²) in [7, 11) is 1.46. The van der Waals surface area contributed by atoms with Crippen molar-refractivity contribution < 1.29 is 0 Å². The van der Waals surface area contributed by atoms with Gasteiger partial charge in [0.15, 0.2) is 0 Å². The van der Waals surface area contributed by atoms with Crippen LogP contribution >= 0.6 is 22.6 Å². The second kappa shape index (κ2) is 4.38. The Kier molecular flexibility index (Phi) is 3.58. The highest BCUT2D eigenvalue weighted by atomic mass is 127. The Morgan fingerprint density at radius 3 is 2.40 bits per heavy atom. The Morgan fingerprint density at radius 2 is 1.93 bits per heavy atom. The van der Waals surface area contributed by atoms with Gasteiger partial charge in [0.05, 0.1) is 0 Å². The molecule has 84 valence electrons. The summed E-state index contributed by atoms with van der Waals surface area (Å²) in [6.07, 6.45) is 0. The molecule has 0 unspecified atom stereocenters. The molecule has 0 atom stereocenters. The molecule has 0 aliphatic rings. The fourth-order valence-electron chi connectivity index (χ4n) is 1.29. The molecular formula is C9H14IN3O2. The molecule has 0 radical (unpaired) electrons. The van der Waals surface area contributed by atoms with E-state index in [1.54, 1.807) is 0 Å². The molecule has 6 heteroatoms. The van der Waals surface area contributed by atoms with Crippen LogP contribution in [0, 0.1) is 9.49 Å². The fraction of sp³-hybridized carbons (Fsp3) is 0.556. The van der Waals surface area contributed by atoms with Crippen molar-refractivity contribution in [3.05, 3.63) is 24.4 Å². The van der Waals surface area contributed by atoms with Gasteiger partial charge in [-0.2, -0.15) is 0 Å². The zero-order valence-electron chi connectivity index (χ0n) is 8.95. The van der Waals surface area contributed by atoms with E-state index in [4.69, 9.17) is 5.73 Å². The second-order valence-electron chi connectivity index (χ2n) is 3.85. The minimum atomic E-state index is -0.355. The van der Waals surface area contributed by atoms with Gasteiger partial charge >= 0.3 is 5.69 Å². The molecule has 15 heavy (non-hydrogen) atoms. The molecule has 0 saturated heterocycles. The average Bonchev–Trinajstić information content (AvgIpc) is 2.18. The largest absolute Gasteiger partial charge is 0.384 e. The standard InChI is InChI=1S/C9H14IN3O2/c1-5(2)4-13-7(11)6(10)8(14)12(3)9(13)15/h5H,4,11H2,1-3H3. The minimum Gasteiger partial charge on any atom is -0.384 e. The van der Waals surface area contributed by atoms with E-state index in [2.05, 4.69) is 0 Å². The summed E-state index contributed by atoms with van der Waals surface area (Å²) in [6.45, 7) is 4.50. The van der Waals surface area contributed by atoms with Crippen LogP contribution < -0.4 is 17.0 Å². The summed E-state index contributed by atoms with van der Waals surface area (Å²) >= 11 is 1.87. The average molecular weight is 323 g/mol. The summed E-state index contributed by atoms with van der Waals surface area (Å²) in [5.74, 6) is 0.565.